The van der Waals surface area contributed by atoms with Crippen LogP contribution in [0.15, 0.2) is 72.8 Å². The maximum absolute atomic E-state index is 12.5. The first-order chi connectivity index (χ1) is 15.7. The van der Waals surface area contributed by atoms with Crippen LogP contribution in [0.5, 0.6) is 5.75 Å². The van der Waals surface area contributed by atoms with E-state index in [0.717, 1.165) is 28.2 Å². The van der Waals surface area contributed by atoms with Crippen LogP contribution in [0.4, 0.5) is 11.4 Å². The van der Waals surface area contributed by atoms with Crippen molar-refractivity contribution in [3.05, 3.63) is 83.4 Å². The molecule has 1 N–H and O–H groups in total. The van der Waals surface area contributed by atoms with E-state index in [0.29, 0.717) is 18.0 Å². The van der Waals surface area contributed by atoms with Gasteiger partial charge in [-0.05, 0) is 42.0 Å². The van der Waals surface area contributed by atoms with Crippen LogP contribution >= 0.6 is 11.3 Å². The smallest absolute Gasteiger partial charge is 0.265 e. The first kappa shape index (κ1) is 20.2. The number of hydrogen-bond acceptors (Lipinski definition) is 5. The molecular weight excluding hydrogens is 422 g/mol. The third-order valence-electron chi connectivity index (χ3n) is 5.30. The Bertz CT molecular complexity index is 1250. The van der Waals surface area contributed by atoms with E-state index in [1.54, 1.807) is 16.2 Å². The summed E-state index contributed by atoms with van der Waals surface area (Å²) in [7, 11) is 0. The third-order valence-corrected chi connectivity index (χ3v) is 6.34. The van der Waals surface area contributed by atoms with Crippen LogP contribution < -0.4 is 15.0 Å². The maximum atomic E-state index is 12.5. The van der Waals surface area contributed by atoms with E-state index in [9.17, 15) is 9.59 Å². The lowest BCUT2D eigenvalue weighted by atomic mass is 10.1. The van der Waals surface area contributed by atoms with Gasteiger partial charge in [-0.25, -0.2) is 4.98 Å². The number of carbonyl (C=O) groups is 2. The molecule has 0 aliphatic carbocycles. The van der Waals surface area contributed by atoms with Gasteiger partial charge in [0.2, 0.25) is 5.91 Å². The summed E-state index contributed by atoms with van der Waals surface area (Å²) in [6.45, 7) is 0.301. The van der Waals surface area contributed by atoms with Crippen LogP contribution in [0.1, 0.15) is 17.0 Å². The molecule has 4 aromatic rings. The number of rotatable bonds is 6. The van der Waals surface area contributed by atoms with Crippen molar-refractivity contribution in [2.75, 3.05) is 23.4 Å². The Morgan fingerprint density at radius 1 is 1.03 bits per heavy atom. The maximum Gasteiger partial charge on any atom is 0.265 e. The second-order valence-electron chi connectivity index (χ2n) is 7.55. The number of fused-ring (bicyclic) bond motifs is 2. The normalized spacial score (nSPS) is 13.0. The van der Waals surface area contributed by atoms with E-state index in [4.69, 9.17) is 4.74 Å². The fourth-order valence-electron chi connectivity index (χ4n) is 3.71. The first-order valence-electron chi connectivity index (χ1n) is 10.4. The molecule has 0 saturated carbocycles. The van der Waals surface area contributed by atoms with Crippen molar-refractivity contribution in [1.82, 2.24) is 4.98 Å². The Balaban J connectivity index is 1.18. The van der Waals surface area contributed by atoms with Crippen LogP contribution in [0, 0.1) is 0 Å². The monoisotopic (exact) mass is 443 g/mol. The van der Waals surface area contributed by atoms with Crippen molar-refractivity contribution >= 4 is 44.7 Å². The molecule has 1 aromatic heterocycles. The molecule has 0 radical (unpaired) electrons. The summed E-state index contributed by atoms with van der Waals surface area (Å²) in [5, 5.41) is 3.98. The zero-order chi connectivity index (χ0) is 21.9. The standard InChI is InChI=1S/C25H21N3O3S/c29-23(13-14-28-20-6-2-3-7-21(20)31-16-25(28)30)26-18-11-9-17(10-12-18)15-24-27-19-5-1-4-8-22(19)32-24/h1-12H,13-16H2,(H,26,29). The van der Waals surface area contributed by atoms with Crippen LogP contribution in [-0.4, -0.2) is 29.9 Å². The summed E-state index contributed by atoms with van der Waals surface area (Å²) in [6.07, 6.45) is 0.958. The van der Waals surface area contributed by atoms with E-state index < -0.39 is 0 Å². The molecule has 32 heavy (non-hydrogen) atoms. The molecule has 7 heteroatoms. The minimum Gasteiger partial charge on any atom is -0.482 e. The van der Waals surface area contributed by atoms with Crippen molar-refractivity contribution in [2.24, 2.45) is 0 Å². The lowest BCUT2D eigenvalue weighted by Crippen LogP contribution is -2.40. The number of hydrogen-bond donors (Lipinski definition) is 1. The molecule has 0 spiro atoms. The largest absolute Gasteiger partial charge is 0.482 e. The van der Waals surface area contributed by atoms with Crippen LogP contribution in [0.25, 0.3) is 10.2 Å². The second-order valence-corrected chi connectivity index (χ2v) is 8.66. The Morgan fingerprint density at radius 3 is 2.66 bits per heavy atom. The molecule has 0 saturated heterocycles. The van der Waals surface area contributed by atoms with Gasteiger partial charge in [0, 0.05) is 25.1 Å². The zero-order valence-electron chi connectivity index (χ0n) is 17.3. The molecular formula is C25H21N3O3S. The SMILES string of the molecule is O=C(CCN1C(=O)COc2ccccc21)Nc1ccc(Cc2nc3ccccc3s2)cc1. The molecule has 0 unspecified atom stereocenters. The molecule has 2 heterocycles. The number of ether oxygens (including phenoxy) is 1. The number of amides is 2. The van der Waals surface area contributed by atoms with Gasteiger partial charge in [0.15, 0.2) is 6.61 Å². The lowest BCUT2D eigenvalue weighted by Gasteiger charge is -2.29. The lowest BCUT2D eigenvalue weighted by molar-refractivity contribution is -0.121. The van der Waals surface area contributed by atoms with Crippen molar-refractivity contribution in [3.63, 3.8) is 0 Å². The van der Waals surface area contributed by atoms with Crippen molar-refractivity contribution in [2.45, 2.75) is 12.8 Å². The van der Waals surface area contributed by atoms with Crippen LogP contribution in [0.3, 0.4) is 0 Å². The number of aromatic nitrogens is 1. The number of carbonyl (C=O) groups excluding carboxylic acids is 2. The fourth-order valence-corrected chi connectivity index (χ4v) is 4.71. The van der Waals surface area contributed by atoms with Crippen molar-refractivity contribution < 1.29 is 14.3 Å². The third kappa shape index (κ3) is 4.33. The molecule has 0 bridgehead atoms. The quantitative estimate of drug-likeness (QED) is 0.471. The average Bonchev–Trinajstić information content (AvgIpc) is 3.22. The van der Waals surface area contributed by atoms with Gasteiger partial charge in [-0.1, -0.05) is 36.4 Å². The predicted molar refractivity (Wildman–Crippen MR) is 126 cm³/mol. The Hall–Kier alpha value is -3.71. The molecule has 5 rings (SSSR count). The number of para-hydroxylation sites is 3. The van der Waals surface area contributed by atoms with E-state index in [1.807, 2.05) is 66.7 Å². The number of thiazole rings is 1. The van der Waals surface area contributed by atoms with Gasteiger partial charge < -0.3 is 15.0 Å². The summed E-state index contributed by atoms with van der Waals surface area (Å²) < 4.78 is 6.63. The van der Waals surface area contributed by atoms with Crippen molar-refractivity contribution in [3.8, 4) is 5.75 Å². The highest BCUT2D eigenvalue weighted by molar-refractivity contribution is 7.18. The van der Waals surface area contributed by atoms with Crippen LogP contribution in [-0.2, 0) is 16.0 Å². The minimum absolute atomic E-state index is 0.00521. The zero-order valence-corrected chi connectivity index (χ0v) is 18.1. The van der Waals surface area contributed by atoms with Gasteiger partial charge in [-0.2, -0.15) is 0 Å². The number of benzene rings is 3. The van der Waals surface area contributed by atoms with Gasteiger partial charge in [0.05, 0.1) is 20.9 Å². The van der Waals surface area contributed by atoms with Gasteiger partial charge in [-0.3, -0.25) is 9.59 Å². The molecule has 160 valence electrons. The summed E-state index contributed by atoms with van der Waals surface area (Å²) in [4.78, 5) is 31.0. The fraction of sp³-hybridized carbons (Fsp3) is 0.160. The molecule has 0 fully saturated rings. The first-order valence-corrected chi connectivity index (χ1v) is 11.2. The van der Waals surface area contributed by atoms with Gasteiger partial charge >= 0.3 is 0 Å². The number of anilines is 2. The van der Waals surface area contributed by atoms with Gasteiger partial charge in [-0.15, -0.1) is 11.3 Å². The Labute approximate surface area is 189 Å². The second kappa shape index (κ2) is 8.80. The molecule has 6 nitrogen and oxygen atoms in total. The highest BCUT2D eigenvalue weighted by atomic mass is 32.1. The topological polar surface area (TPSA) is 71.5 Å². The van der Waals surface area contributed by atoms with Gasteiger partial charge in [0.25, 0.3) is 5.91 Å². The molecule has 1 aliphatic heterocycles. The number of nitrogens with one attached hydrogen (secondary N) is 1. The highest BCUT2D eigenvalue weighted by Crippen LogP contribution is 2.31. The Kier molecular flexibility index (Phi) is 5.56. The Morgan fingerprint density at radius 2 is 1.81 bits per heavy atom. The van der Waals surface area contributed by atoms with E-state index >= 15 is 0 Å². The molecule has 3 aromatic carbocycles. The van der Waals surface area contributed by atoms with Gasteiger partial charge in [0.1, 0.15) is 5.75 Å². The van der Waals surface area contributed by atoms with E-state index in [2.05, 4.69) is 16.4 Å². The molecule has 1 aliphatic rings. The molecule has 0 atom stereocenters. The minimum atomic E-state index is -0.143. The average molecular weight is 444 g/mol. The van der Waals surface area contributed by atoms with Crippen LogP contribution in [0.2, 0.25) is 0 Å². The molecule has 2 amide bonds. The number of nitrogens with zero attached hydrogens (tertiary/aromatic N) is 2. The summed E-state index contributed by atoms with van der Waals surface area (Å²) in [5.41, 5.74) is 3.60. The summed E-state index contributed by atoms with van der Waals surface area (Å²) in [6, 6.07) is 23.3. The highest BCUT2D eigenvalue weighted by Gasteiger charge is 2.25. The van der Waals surface area contributed by atoms with E-state index in [1.165, 1.54) is 4.70 Å². The van der Waals surface area contributed by atoms with E-state index in [-0.39, 0.29) is 24.8 Å². The van der Waals surface area contributed by atoms with Crippen molar-refractivity contribution in [1.29, 1.82) is 0 Å². The summed E-state index contributed by atoms with van der Waals surface area (Å²) >= 11 is 1.70. The predicted octanol–water partition coefficient (Wildman–Crippen LogP) is 4.64. The summed E-state index contributed by atoms with van der Waals surface area (Å²) in [5.74, 6) is 0.382.